The number of unbranched alkanes of at least 4 members (excludes halogenated alkanes) is 18. The van der Waals surface area contributed by atoms with Crippen LogP contribution in [0.15, 0.2) is 85.1 Å². The first-order valence-electron chi connectivity index (χ1n) is 28.3. The van der Waals surface area contributed by atoms with Crippen LogP contribution >= 0.6 is 0 Å². The summed E-state index contributed by atoms with van der Waals surface area (Å²) in [5.41, 5.74) is 0. The average Bonchev–Trinajstić information content (AvgIpc) is 3.39. The van der Waals surface area contributed by atoms with Gasteiger partial charge in [-0.2, -0.15) is 0 Å². The summed E-state index contributed by atoms with van der Waals surface area (Å²) in [6.07, 6.45) is 41.9. The van der Waals surface area contributed by atoms with Crippen LogP contribution in [-0.4, -0.2) is 140 Å². The van der Waals surface area contributed by atoms with Crippen LogP contribution in [0.1, 0.15) is 187 Å². The quantitative estimate of drug-likeness (QED) is 0.0206. The highest BCUT2D eigenvalue weighted by Gasteiger charge is 2.51. The molecule has 0 bridgehead atoms. The van der Waals surface area contributed by atoms with E-state index < -0.39 is 86.8 Å². The summed E-state index contributed by atoms with van der Waals surface area (Å²) in [6, 6.07) is -0.939. The van der Waals surface area contributed by atoms with Crippen LogP contribution in [0.2, 0.25) is 0 Å². The highest BCUT2D eigenvalue weighted by Crippen LogP contribution is 2.30. The molecular weight excluding hydrogens is 931 g/mol. The molecular formula is C59H101NO13. The van der Waals surface area contributed by atoms with E-state index in [4.69, 9.17) is 18.9 Å². The highest BCUT2D eigenvalue weighted by atomic mass is 16.7. The zero-order valence-electron chi connectivity index (χ0n) is 44.8. The van der Waals surface area contributed by atoms with Gasteiger partial charge < -0.3 is 65.1 Å². The van der Waals surface area contributed by atoms with Gasteiger partial charge in [-0.3, -0.25) is 4.79 Å². The number of carbonyl (C=O) groups is 1. The number of hydrogen-bond donors (Lipinski definition) is 9. The van der Waals surface area contributed by atoms with E-state index in [0.717, 1.165) is 70.6 Å². The second-order valence-corrected chi connectivity index (χ2v) is 19.7. The first kappa shape index (κ1) is 66.3. The Morgan fingerprint density at radius 2 is 0.959 bits per heavy atom. The van der Waals surface area contributed by atoms with Gasteiger partial charge in [0.15, 0.2) is 12.6 Å². The minimum absolute atomic E-state index is 0.260. The molecule has 2 rings (SSSR count). The Balaban J connectivity index is 1.78. The molecule has 12 atom stereocenters. The SMILES string of the molecule is CC/C=C\C/C=C\C/C=C\C/C=C\C/C=C\CCCCCCCCCCCC(=O)NC(COC1OC(CO)C(OC2OC(CO)C(O)C(O)C2O)C(O)C1O)C(O)/C=C/CC/C=C/CCCCCCCCCC. The van der Waals surface area contributed by atoms with Crippen molar-refractivity contribution in [3.05, 3.63) is 85.1 Å². The number of amides is 1. The Morgan fingerprint density at radius 3 is 1.51 bits per heavy atom. The third-order valence-corrected chi connectivity index (χ3v) is 13.3. The Kier molecular flexibility index (Phi) is 40.2. The van der Waals surface area contributed by atoms with Crippen molar-refractivity contribution >= 4 is 5.91 Å². The molecule has 0 aromatic rings. The molecule has 2 saturated heterocycles. The zero-order valence-corrected chi connectivity index (χ0v) is 44.8. The molecule has 2 fully saturated rings. The maximum atomic E-state index is 13.2. The molecule has 73 heavy (non-hydrogen) atoms. The smallest absolute Gasteiger partial charge is 0.220 e. The molecule has 14 heteroatoms. The summed E-state index contributed by atoms with van der Waals surface area (Å²) in [6.45, 7) is 2.63. The van der Waals surface area contributed by atoms with Crippen LogP contribution in [0.3, 0.4) is 0 Å². The van der Waals surface area contributed by atoms with E-state index in [0.29, 0.717) is 12.8 Å². The third-order valence-electron chi connectivity index (χ3n) is 13.3. The molecule has 420 valence electrons. The van der Waals surface area contributed by atoms with Crippen LogP contribution in [-0.2, 0) is 23.7 Å². The Hall–Kier alpha value is -2.83. The zero-order chi connectivity index (χ0) is 53.2. The fraction of sp³-hybridized carbons (Fsp3) is 0.746. The standard InChI is InChI=1S/C59H101NO13/c1-3-5-7-9-11-13-15-17-19-20-21-22-23-24-25-26-27-28-29-31-33-35-37-39-41-43-51(64)60-47(48(63)42-40-38-36-34-32-30-18-16-14-12-10-8-6-4-2)46-70-58-56(69)54(67)57(50(45-62)72-58)73-59-55(68)53(66)52(65)49(44-61)71-59/h5,7,11,13,17,19,21-22,24-25,32,34,40,42,47-50,52-59,61-63,65-69H,3-4,6,8-10,12,14-16,18,20,23,26-31,33,35-39,41,43-46H2,1-2H3,(H,60,64)/b7-5-,13-11-,19-17-,22-21-,25-24-,34-32+,42-40+. The molecule has 0 spiro atoms. The summed E-state index contributed by atoms with van der Waals surface area (Å²) in [7, 11) is 0. The predicted octanol–water partition coefficient (Wildman–Crippen LogP) is 8.94. The maximum absolute atomic E-state index is 13.2. The fourth-order valence-electron chi connectivity index (χ4n) is 8.74. The van der Waals surface area contributed by atoms with Crippen molar-refractivity contribution < 1.29 is 64.6 Å². The number of allylic oxidation sites excluding steroid dienone is 13. The minimum Gasteiger partial charge on any atom is -0.394 e. The number of hydrogen-bond acceptors (Lipinski definition) is 13. The molecule has 2 aliphatic rings. The van der Waals surface area contributed by atoms with Gasteiger partial charge in [-0.25, -0.2) is 0 Å². The van der Waals surface area contributed by atoms with Gasteiger partial charge in [-0.15, -0.1) is 0 Å². The van der Waals surface area contributed by atoms with Crippen LogP contribution in [0.25, 0.3) is 0 Å². The predicted molar refractivity (Wildman–Crippen MR) is 290 cm³/mol. The number of nitrogens with one attached hydrogen (secondary N) is 1. The van der Waals surface area contributed by atoms with Gasteiger partial charge in [0.25, 0.3) is 0 Å². The fourth-order valence-corrected chi connectivity index (χ4v) is 8.74. The topological polar surface area (TPSA) is 228 Å². The summed E-state index contributed by atoms with van der Waals surface area (Å²) >= 11 is 0. The molecule has 14 nitrogen and oxygen atoms in total. The largest absolute Gasteiger partial charge is 0.394 e. The van der Waals surface area contributed by atoms with Crippen LogP contribution < -0.4 is 5.32 Å². The van der Waals surface area contributed by atoms with Crippen molar-refractivity contribution in [2.24, 2.45) is 0 Å². The lowest BCUT2D eigenvalue weighted by Gasteiger charge is -2.46. The maximum Gasteiger partial charge on any atom is 0.220 e. The number of ether oxygens (including phenoxy) is 4. The second kappa shape index (κ2) is 44.3. The Morgan fingerprint density at radius 1 is 0.507 bits per heavy atom. The first-order valence-corrected chi connectivity index (χ1v) is 28.3. The minimum atomic E-state index is -1.79. The normalized spacial score (nSPS) is 26.1. The number of carbonyl (C=O) groups excluding carboxylic acids is 1. The van der Waals surface area contributed by atoms with E-state index in [9.17, 15) is 45.6 Å². The van der Waals surface area contributed by atoms with Gasteiger partial charge in [0.2, 0.25) is 5.91 Å². The van der Waals surface area contributed by atoms with Gasteiger partial charge in [0.1, 0.15) is 48.8 Å². The van der Waals surface area contributed by atoms with Gasteiger partial charge in [-0.05, 0) is 77.0 Å². The Bertz CT molecular complexity index is 1550. The summed E-state index contributed by atoms with van der Waals surface area (Å²) in [5, 5.41) is 86.9. The van der Waals surface area contributed by atoms with Crippen molar-refractivity contribution in [1.82, 2.24) is 5.32 Å². The summed E-state index contributed by atoms with van der Waals surface area (Å²) in [4.78, 5) is 13.2. The molecule has 12 unspecified atom stereocenters. The van der Waals surface area contributed by atoms with Crippen molar-refractivity contribution in [1.29, 1.82) is 0 Å². The lowest BCUT2D eigenvalue weighted by molar-refractivity contribution is -0.359. The summed E-state index contributed by atoms with van der Waals surface area (Å²) in [5.74, 6) is -0.260. The van der Waals surface area contributed by atoms with Gasteiger partial charge in [-0.1, -0.05) is 189 Å². The highest BCUT2D eigenvalue weighted by molar-refractivity contribution is 5.76. The number of aliphatic hydroxyl groups excluding tert-OH is 8. The van der Waals surface area contributed by atoms with Crippen LogP contribution in [0, 0.1) is 0 Å². The van der Waals surface area contributed by atoms with Crippen LogP contribution in [0.5, 0.6) is 0 Å². The van der Waals surface area contributed by atoms with Crippen molar-refractivity contribution in [2.75, 3.05) is 19.8 Å². The van der Waals surface area contributed by atoms with E-state index in [2.05, 4.69) is 92.1 Å². The third kappa shape index (κ3) is 30.5. The molecule has 2 heterocycles. The van der Waals surface area contributed by atoms with E-state index in [1.165, 1.54) is 83.5 Å². The first-order chi connectivity index (χ1) is 35.6. The Labute approximate surface area is 440 Å². The lowest BCUT2D eigenvalue weighted by Crippen LogP contribution is -2.65. The molecule has 2 aliphatic heterocycles. The van der Waals surface area contributed by atoms with E-state index in [1.54, 1.807) is 6.08 Å². The van der Waals surface area contributed by atoms with Crippen molar-refractivity contribution in [3.63, 3.8) is 0 Å². The molecule has 0 aromatic heterocycles. The number of aliphatic hydroxyl groups is 8. The molecule has 0 aliphatic carbocycles. The van der Waals surface area contributed by atoms with E-state index in [-0.39, 0.29) is 18.9 Å². The second-order valence-electron chi connectivity index (χ2n) is 19.7. The van der Waals surface area contributed by atoms with Crippen LogP contribution in [0.4, 0.5) is 0 Å². The monoisotopic (exact) mass is 1030 g/mol. The molecule has 1 amide bonds. The number of rotatable bonds is 43. The van der Waals surface area contributed by atoms with Crippen molar-refractivity contribution in [3.8, 4) is 0 Å². The summed E-state index contributed by atoms with van der Waals surface area (Å²) < 4.78 is 22.7. The van der Waals surface area contributed by atoms with Gasteiger partial charge in [0, 0.05) is 6.42 Å². The van der Waals surface area contributed by atoms with E-state index in [1.807, 2.05) is 6.08 Å². The lowest BCUT2D eigenvalue weighted by atomic mass is 9.97. The van der Waals surface area contributed by atoms with E-state index >= 15 is 0 Å². The van der Waals surface area contributed by atoms with Crippen molar-refractivity contribution in [2.45, 2.75) is 261 Å². The average molecular weight is 1030 g/mol. The molecule has 0 radical (unpaired) electrons. The van der Waals surface area contributed by atoms with Gasteiger partial charge >= 0.3 is 0 Å². The molecule has 9 N–H and O–H groups in total. The van der Waals surface area contributed by atoms with Gasteiger partial charge in [0.05, 0.1) is 32.0 Å². The molecule has 0 aromatic carbocycles. The molecule has 0 saturated carbocycles.